The van der Waals surface area contributed by atoms with Crippen LogP contribution in [-0.2, 0) is 0 Å². The zero-order valence-electron chi connectivity index (χ0n) is 8.88. The number of halogens is 2. The summed E-state index contributed by atoms with van der Waals surface area (Å²) in [4.78, 5) is 1.24. The van der Waals surface area contributed by atoms with Crippen molar-refractivity contribution in [2.45, 2.75) is 38.0 Å². The zero-order valence-corrected chi connectivity index (χ0v) is 11.2. The van der Waals surface area contributed by atoms with Crippen LogP contribution >= 0.6 is 34.5 Å². The van der Waals surface area contributed by atoms with Gasteiger partial charge in [-0.2, -0.15) is 0 Å². The third-order valence-electron chi connectivity index (χ3n) is 3.34. The Morgan fingerprint density at radius 1 is 1.27 bits per heavy atom. The first-order valence-electron chi connectivity index (χ1n) is 5.56. The summed E-state index contributed by atoms with van der Waals surface area (Å²) in [6.45, 7) is 2.33. The van der Waals surface area contributed by atoms with Crippen LogP contribution < -0.4 is 0 Å². The molecule has 0 spiro atoms. The van der Waals surface area contributed by atoms with E-state index >= 15 is 0 Å². The molecule has 0 aliphatic heterocycles. The first kappa shape index (κ1) is 11.8. The van der Waals surface area contributed by atoms with Gasteiger partial charge in [-0.3, -0.25) is 0 Å². The Morgan fingerprint density at radius 3 is 2.47 bits per heavy atom. The fraction of sp³-hybridized carbons (Fsp3) is 0.667. The number of alkyl halides is 1. The Balaban J connectivity index is 1.99. The number of thiophene rings is 1. The molecule has 1 fully saturated rings. The first-order valence-corrected chi connectivity index (χ1v) is 7.19. The van der Waals surface area contributed by atoms with E-state index in [1.165, 1.54) is 30.6 Å². The van der Waals surface area contributed by atoms with Gasteiger partial charge in [-0.25, -0.2) is 0 Å². The minimum absolute atomic E-state index is 0.176. The van der Waals surface area contributed by atoms with Gasteiger partial charge < -0.3 is 0 Å². The molecule has 0 bridgehead atoms. The van der Waals surface area contributed by atoms with Crippen LogP contribution in [0.2, 0.25) is 4.34 Å². The Labute approximate surface area is 106 Å². The van der Waals surface area contributed by atoms with Gasteiger partial charge in [-0.1, -0.05) is 31.4 Å². The third-order valence-corrected chi connectivity index (χ3v) is 5.38. The molecule has 1 atom stereocenters. The summed E-state index contributed by atoms with van der Waals surface area (Å²) in [6.07, 6.45) is 5.19. The molecule has 2 rings (SSSR count). The minimum atomic E-state index is 0.176. The maximum atomic E-state index is 6.50. The second kappa shape index (κ2) is 5.07. The van der Waals surface area contributed by atoms with E-state index in [0.717, 1.165) is 10.3 Å². The molecule has 84 valence electrons. The van der Waals surface area contributed by atoms with E-state index in [-0.39, 0.29) is 5.38 Å². The molecule has 1 aromatic rings. The Morgan fingerprint density at radius 2 is 1.93 bits per heavy atom. The van der Waals surface area contributed by atoms with Crippen LogP contribution in [0.25, 0.3) is 0 Å². The van der Waals surface area contributed by atoms with Gasteiger partial charge in [-0.05, 0) is 36.8 Å². The van der Waals surface area contributed by atoms with E-state index in [1.54, 1.807) is 11.3 Å². The molecule has 1 aliphatic carbocycles. The lowest BCUT2D eigenvalue weighted by molar-refractivity contribution is 0.284. The van der Waals surface area contributed by atoms with Crippen molar-refractivity contribution in [3.05, 3.63) is 21.3 Å². The van der Waals surface area contributed by atoms with Crippen LogP contribution in [0, 0.1) is 11.8 Å². The molecule has 0 aromatic carbocycles. The second-order valence-electron chi connectivity index (χ2n) is 4.56. The average molecular weight is 263 g/mol. The molecule has 0 N–H and O–H groups in total. The van der Waals surface area contributed by atoms with Crippen LogP contribution in [0.1, 0.15) is 42.9 Å². The van der Waals surface area contributed by atoms with Crippen LogP contribution in [0.15, 0.2) is 12.1 Å². The van der Waals surface area contributed by atoms with Gasteiger partial charge in [0.2, 0.25) is 0 Å². The number of hydrogen-bond donors (Lipinski definition) is 0. The van der Waals surface area contributed by atoms with Crippen molar-refractivity contribution in [2.24, 2.45) is 11.8 Å². The summed E-state index contributed by atoms with van der Waals surface area (Å²) in [5.74, 6) is 1.54. The van der Waals surface area contributed by atoms with E-state index in [4.69, 9.17) is 23.2 Å². The number of hydrogen-bond acceptors (Lipinski definition) is 1. The molecule has 1 saturated carbocycles. The lowest BCUT2D eigenvalue weighted by Crippen LogP contribution is -2.15. The Bertz CT molecular complexity index is 313. The average Bonchev–Trinajstić information content (AvgIpc) is 2.65. The van der Waals surface area contributed by atoms with E-state index in [0.29, 0.717) is 5.92 Å². The summed E-state index contributed by atoms with van der Waals surface area (Å²) in [7, 11) is 0. The van der Waals surface area contributed by atoms with Gasteiger partial charge >= 0.3 is 0 Å². The minimum Gasteiger partial charge on any atom is -0.127 e. The van der Waals surface area contributed by atoms with E-state index in [2.05, 4.69) is 13.0 Å². The first-order chi connectivity index (χ1) is 7.16. The smallest absolute Gasteiger partial charge is 0.0931 e. The van der Waals surface area contributed by atoms with Crippen molar-refractivity contribution in [3.8, 4) is 0 Å². The highest BCUT2D eigenvalue weighted by atomic mass is 35.5. The predicted octanol–water partition coefficient (Wildman–Crippen LogP) is 5.51. The molecule has 15 heavy (non-hydrogen) atoms. The van der Waals surface area contributed by atoms with Crippen molar-refractivity contribution in [1.82, 2.24) is 0 Å². The molecule has 1 heterocycles. The molecule has 0 radical (unpaired) electrons. The Hall–Kier alpha value is 0.280. The summed E-state index contributed by atoms with van der Waals surface area (Å²) >= 11 is 14.0. The summed E-state index contributed by atoms with van der Waals surface area (Å²) in [5.41, 5.74) is 0. The van der Waals surface area contributed by atoms with Crippen molar-refractivity contribution >= 4 is 34.5 Å². The highest BCUT2D eigenvalue weighted by molar-refractivity contribution is 7.16. The molecule has 1 aromatic heterocycles. The highest BCUT2D eigenvalue weighted by Gasteiger charge is 2.26. The van der Waals surface area contributed by atoms with E-state index in [9.17, 15) is 0 Å². The topological polar surface area (TPSA) is 0 Å². The highest BCUT2D eigenvalue weighted by Crippen LogP contribution is 2.43. The van der Waals surface area contributed by atoms with Gasteiger partial charge in [0, 0.05) is 4.88 Å². The van der Waals surface area contributed by atoms with Crippen molar-refractivity contribution in [1.29, 1.82) is 0 Å². The maximum absolute atomic E-state index is 6.50. The summed E-state index contributed by atoms with van der Waals surface area (Å²) < 4.78 is 0.847. The molecule has 1 aliphatic rings. The van der Waals surface area contributed by atoms with Crippen LogP contribution in [0.4, 0.5) is 0 Å². The molecule has 0 saturated heterocycles. The molecule has 0 amide bonds. The van der Waals surface area contributed by atoms with Crippen LogP contribution in [0.5, 0.6) is 0 Å². The van der Waals surface area contributed by atoms with E-state index in [1.807, 2.05) is 6.07 Å². The number of rotatable bonds is 2. The monoisotopic (exact) mass is 262 g/mol. The Kier molecular flexibility index (Phi) is 3.98. The van der Waals surface area contributed by atoms with Crippen molar-refractivity contribution < 1.29 is 0 Å². The second-order valence-corrected chi connectivity index (χ2v) is 6.78. The third kappa shape index (κ3) is 2.89. The molecular weight excluding hydrogens is 247 g/mol. The van der Waals surface area contributed by atoms with Gasteiger partial charge in [0.25, 0.3) is 0 Å². The van der Waals surface area contributed by atoms with Crippen molar-refractivity contribution in [2.75, 3.05) is 0 Å². The standard InChI is InChI=1S/C12H16Cl2S/c1-8-2-4-9(5-3-8)12(14)10-6-7-11(13)15-10/h6-9,12H,2-5H2,1H3. The zero-order chi connectivity index (χ0) is 10.8. The normalized spacial score (nSPS) is 29.0. The lowest BCUT2D eigenvalue weighted by Gasteiger charge is -2.28. The fourth-order valence-corrected chi connectivity index (χ4v) is 3.88. The van der Waals surface area contributed by atoms with Gasteiger partial charge in [0.15, 0.2) is 0 Å². The maximum Gasteiger partial charge on any atom is 0.0931 e. The largest absolute Gasteiger partial charge is 0.127 e. The van der Waals surface area contributed by atoms with Gasteiger partial charge in [0.05, 0.1) is 9.71 Å². The lowest BCUT2D eigenvalue weighted by atomic mass is 9.81. The summed E-state index contributed by atoms with van der Waals surface area (Å²) in [5, 5.41) is 0.176. The summed E-state index contributed by atoms with van der Waals surface area (Å²) in [6, 6.07) is 4.02. The molecule has 3 heteroatoms. The quantitative estimate of drug-likeness (QED) is 0.617. The van der Waals surface area contributed by atoms with Crippen molar-refractivity contribution in [3.63, 3.8) is 0 Å². The van der Waals surface area contributed by atoms with Crippen LogP contribution in [-0.4, -0.2) is 0 Å². The molecule has 0 nitrogen and oxygen atoms in total. The van der Waals surface area contributed by atoms with Crippen LogP contribution in [0.3, 0.4) is 0 Å². The SMILES string of the molecule is CC1CCC(C(Cl)c2ccc(Cl)s2)CC1. The molecule has 1 unspecified atom stereocenters. The predicted molar refractivity (Wildman–Crippen MR) is 69.0 cm³/mol. The van der Waals surface area contributed by atoms with E-state index < -0.39 is 0 Å². The van der Waals surface area contributed by atoms with Gasteiger partial charge in [0.1, 0.15) is 0 Å². The fourth-order valence-electron chi connectivity index (χ4n) is 2.29. The molecular formula is C12H16Cl2S. The van der Waals surface area contributed by atoms with Gasteiger partial charge in [-0.15, -0.1) is 22.9 Å².